The van der Waals surface area contributed by atoms with Gasteiger partial charge in [0.05, 0.1) is 13.5 Å². The summed E-state index contributed by atoms with van der Waals surface area (Å²) in [5, 5.41) is 0. The molecule has 0 bridgehead atoms. The van der Waals surface area contributed by atoms with Gasteiger partial charge in [-0.25, -0.2) is 0 Å². The lowest BCUT2D eigenvalue weighted by Gasteiger charge is -2.18. The number of fused-ring (bicyclic) bond motifs is 1. The summed E-state index contributed by atoms with van der Waals surface area (Å²) in [5.41, 5.74) is 11.9. The molecule has 5 rings (SSSR count). The molecule has 2 aliphatic carbocycles. The summed E-state index contributed by atoms with van der Waals surface area (Å²) >= 11 is 0. The molecule has 1 spiro atoms. The maximum atomic E-state index is 12.1. The highest BCUT2D eigenvalue weighted by molar-refractivity contribution is 5.78. The van der Waals surface area contributed by atoms with Gasteiger partial charge in [-0.2, -0.15) is 0 Å². The van der Waals surface area contributed by atoms with Gasteiger partial charge in [0.1, 0.15) is 5.75 Å². The van der Waals surface area contributed by atoms with Crippen molar-refractivity contribution in [1.29, 1.82) is 0 Å². The highest BCUT2D eigenvalue weighted by Crippen LogP contribution is 2.64. The molecule has 210 valence electrons. The van der Waals surface area contributed by atoms with E-state index in [-0.39, 0.29) is 23.9 Å². The van der Waals surface area contributed by atoms with Gasteiger partial charge in [-0.1, -0.05) is 36.4 Å². The van der Waals surface area contributed by atoms with Crippen molar-refractivity contribution < 1.29 is 19.1 Å². The zero-order valence-corrected chi connectivity index (χ0v) is 24.7. The number of rotatable bonds is 9. The van der Waals surface area contributed by atoms with E-state index in [4.69, 9.17) is 9.47 Å². The number of methoxy groups -OCH3 is 1. The second kappa shape index (κ2) is 11.1. The van der Waals surface area contributed by atoms with E-state index in [1.54, 1.807) is 14.1 Å². The number of carbonyl (C=O) groups is 2. The number of amides is 1. The van der Waals surface area contributed by atoms with E-state index >= 15 is 0 Å². The minimum absolute atomic E-state index is 0.0371. The predicted molar refractivity (Wildman–Crippen MR) is 159 cm³/mol. The van der Waals surface area contributed by atoms with Crippen LogP contribution in [0.2, 0.25) is 0 Å². The summed E-state index contributed by atoms with van der Waals surface area (Å²) in [7, 11) is 4.95. The minimum atomic E-state index is -0.101. The summed E-state index contributed by atoms with van der Waals surface area (Å²) in [6, 6.07) is 17.6. The number of esters is 1. The van der Waals surface area contributed by atoms with Gasteiger partial charge in [0.2, 0.25) is 0 Å². The number of aryl methyl sites for hydroxylation is 4. The molecule has 1 fully saturated rings. The van der Waals surface area contributed by atoms with Gasteiger partial charge in [0.15, 0.2) is 6.61 Å². The molecular weight excluding hydrogens is 498 g/mol. The maximum absolute atomic E-state index is 12.1. The zero-order valence-electron chi connectivity index (χ0n) is 24.7. The third kappa shape index (κ3) is 5.52. The van der Waals surface area contributed by atoms with E-state index in [1.165, 1.54) is 63.8 Å². The fourth-order valence-electron chi connectivity index (χ4n) is 6.61. The standard InChI is InChI=1S/C35H41NO4/c1-22-16-28(40-21-32(37)36(4)5)17-23(2)34(22)29-9-7-8-26(24(29)3)12-10-25-11-13-30-27(18-25)20-35(14-15-35)31(30)19-33(38)39-6/h7-9,11,13,16-18,31H,10,12,14-15,19-21H2,1-6H3. The van der Waals surface area contributed by atoms with Crippen LogP contribution >= 0.6 is 0 Å². The van der Waals surface area contributed by atoms with Gasteiger partial charge in [0.25, 0.3) is 5.91 Å². The molecule has 0 radical (unpaired) electrons. The lowest BCUT2D eigenvalue weighted by molar-refractivity contribution is -0.141. The first-order chi connectivity index (χ1) is 19.1. The molecule has 40 heavy (non-hydrogen) atoms. The average molecular weight is 540 g/mol. The first-order valence-electron chi connectivity index (χ1n) is 14.3. The smallest absolute Gasteiger partial charge is 0.306 e. The van der Waals surface area contributed by atoms with Crippen LogP contribution in [-0.4, -0.2) is 44.6 Å². The Morgan fingerprint density at radius 2 is 1.70 bits per heavy atom. The Balaban J connectivity index is 1.31. The Kier molecular flexibility index (Phi) is 7.76. The highest BCUT2D eigenvalue weighted by atomic mass is 16.5. The predicted octanol–water partition coefficient (Wildman–Crippen LogP) is 6.51. The molecule has 1 saturated carbocycles. The summed E-state index contributed by atoms with van der Waals surface area (Å²) in [6.07, 6.45) is 5.97. The van der Waals surface area contributed by atoms with Gasteiger partial charge in [-0.3, -0.25) is 9.59 Å². The lowest BCUT2D eigenvalue weighted by Crippen LogP contribution is -2.27. The van der Waals surface area contributed by atoms with Crippen LogP contribution in [0.3, 0.4) is 0 Å². The lowest BCUT2D eigenvalue weighted by atomic mass is 9.86. The third-order valence-electron chi connectivity index (χ3n) is 9.12. The summed E-state index contributed by atoms with van der Waals surface area (Å²) < 4.78 is 10.8. The summed E-state index contributed by atoms with van der Waals surface area (Å²) in [4.78, 5) is 25.6. The van der Waals surface area contributed by atoms with Crippen LogP contribution in [0.1, 0.15) is 64.1 Å². The van der Waals surface area contributed by atoms with E-state index in [9.17, 15) is 9.59 Å². The van der Waals surface area contributed by atoms with Crippen molar-refractivity contribution in [1.82, 2.24) is 4.90 Å². The van der Waals surface area contributed by atoms with Crippen LogP contribution in [-0.2, 0) is 33.6 Å². The zero-order chi connectivity index (χ0) is 28.6. The normalized spacial score (nSPS) is 16.5. The largest absolute Gasteiger partial charge is 0.484 e. The van der Waals surface area contributed by atoms with E-state index in [2.05, 4.69) is 57.2 Å². The Hall–Kier alpha value is -3.60. The minimum Gasteiger partial charge on any atom is -0.484 e. The molecule has 1 amide bonds. The van der Waals surface area contributed by atoms with Crippen molar-refractivity contribution in [3.63, 3.8) is 0 Å². The van der Waals surface area contributed by atoms with Crippen LogP contribution < -0.4 is 4.74 Å². The number of likely N-dealkylation sites (N-methyl/N-ethyl adjacent to an activating group) is 1. The average Bonchev–Trinajstić information content (AvgIpc) is 3.63. The number of nitrogens with zero attached hydrogens (tertiary/aromatic N) is 1. The molecule has 0 aromatic heterocycles. The number of benzene rings is 3. The van der Waals surface area contributed by atoms with Crippen molar-refractivity contribution in [3.05, 3.63) is 87.5 Å². The van der Waals surface area contributed by atoms with E-state index in [1.807, 2.05) is 12.1 Å². The van der Waals surface area contributed by atoms with E-state index in [0.717, 1.165) is 36.1 Å². The molecule has 5 nitrogen and oxygen atoms in total. The second-order valence-corrected chi connectivity index (χ2v) is 12.0. The molecule has 3 aromatic carbocycles. The van der Waals surface area contributed by atoms with Gasteiger partial charge < -0.3 is 14.4 Å². The molecule has 0 aliphatic heterocycles. The van der Waals surface area contributed by atoms with Crippen LogP contribution in [0.15, 0.2) is 48.5 Å². The van der Waals surface area contributed by atoms with E-state index in [0.29, 0.717) is 12.3 Å². The van der Waals surface area contributed by atoms with E-state index < -0.39 is 0 Å². The molecule has 0 heterocycles. The Morgan fingerprint density at radius 3 is 2.35 bits per heavy atom. The number of carbonyl (C=O) groups excluding carboxylic acids is 2. The molecule has 2 aliphatic rings. The van der Waals surface area contributed by atoms with Gasteiger partial charge in [-0.05, 0) is 120 Å². The number of hydrogen-bond donors (Lipinski definition) is 0. The molecule has 1 unspecified atom stereocenters. The molecular formula is C35H41NO4. The van der Waals surface area contributed by atoms with Crippen molar-refractivity contribution in [2.75, 3.05) is 27.8 Å². The van der Waals surface area contributed by atoms with Crippen LogP contribution in [0.5, 0.6) is 5.75 Å². The highest BCUT2D eigenvalue weighted by Gasteiger charge is 2.54. The SMILES string of the molecule is COC(=O)CC1c2ccc(CCc3cccc(-c4c(C)cc(OCC(=O)N(C)C)cc4C)c3C)cc2CC12CC2. The fraction of sp³-hybridized carbons (Fsp3) is 0.429. The topological polar surface area (TPSA) is 55.8 Å². The fourth-order valence-corrected chi connectivity index (χ4v) is 6.61. The molecule has 3 aromatic rings. The Morgan fingerprint density at radius 1 is 0.975 bits per heavy atom. The summed E-state index contributed by atoms with van der Waals surface area (Å²) in [5.74, 6) is 0.871. The number of ether oxygens (including phenoxy) is 2. The molecule has 0 N–H and O–H groups in total. The molecule has 0 saturated heterocycles. The first-order valence-corrected chi connectivity index (χ1v) is 14.3. The third-order valence-corrected chi connectivity index (χ3v) is 9.12. The maximum Gasteiger partial charge on any atom is 0.306 e. The Bertz CT molecular complexity index is 1430. The van der Waals surface area contributed by atoms with Gasteiger partial charge in [-0.15, -0.1) is 0 Å². The van der Waals surface area contributed by atoms with Crippen LogP contribution in [0, 0.1) is 26.2 Å². The Labute approximate surface area is 238 Å². The van der Waals surface area contributed by atoms with Gasteiger partial charge >= 0.3 is 5.97 Å². The van der Waals surface area contributed by atoms with Crippen molar-refractivity contribution >= 4 is 11.9 Å². The second-order valence-electron chi connectivity index (χ2n) is 12.0. The molecule has 5 heteroatoms. The van der Waals surface area contributed by atoms with Crippen molar-refractivity contribution in [2.24, 2.45) is 5.41 Å². The van der Waals surface area contributed by atoms with Crippen molar-refractivity contribution in [3.8, 4) is 16.9 Å². The number of hydrogen-bond acceptors (Lipinski definition) is 4. The van der Waals surface area contributed by atoms with Crippen LogP contribution in [0.25, 0.3) is 11.1 Å². The summed E-state index contributed by atoms with van der Waals surface area (Å²) in [6.45, 7) is 6.48. The first kappa shape index (κ1) is 27.9. The van der Waals surface area contributed by atoms with Crippen molar-refractivity contribution in [2.45, 2.75) is 65.2 Å². The van der Waals surface area contributed by atoms with Crippen LogP contribution in [0.4, 0.5) is 0 Å². The quantitative estimate of drug-likeness (QED) is 0.291. The molecule has 1 atom stereocenters. The monoisotopic (exact) mass is 539 g/mol. The van der Waals surface area contributed by atoms with Gasteiger partial charge in [0, 0.05) is 20.0 Å².